The molecule has 1 aromatic rings. The van der Waals surface area contributed by atoms with E-state index >= 15 is 0 Å². The minimum atomic E-state index is 0.637. The lowest BCUT2D eigenvalue weighted by atomic mass is 10.1. The van der Waals surface area contributed by atoms with Crippen LogP contribution in [0.4, 0.5) is 5.13 Å². The molecule has 4 heteroatoms. The van der Waals surface area contributed by atoms with Gasteiger partial charge in [-0.2, -0.15) is 0 Å². The molecule has 0 amide bonds. The Morgan fingerprint density at radius 1 is 1.69 bits per heavy atom. The lowest BCUT2D eigenvalue weighted by Crippen LogP contribution is -2.44. The smallest absolute Gasteiger partial charge is 0.185 e. The summed E-state index contributed by atoms with van der Waals surface area (Å²) >= 11 is 1.73. The van der Waals surface area contributed by atoms with Gasteiger partial charge < -0.3 is 10.2 Å². The summed E-state index contributed by atoms with van der Waals surface area (Å²) in [5, 5.41) is 6.54. The largest absolute Gasteiger partial charge is 0.347 e. The lowest BCUT2D eigenvalue weighted by molar-refractivity contribution is 0.449. The van der Waals surface area contributed by atoms with Crippen molar-refractivity contribution in [1.82, 2.24) is 10.3 Å². The molecule has 1 aliphatic heterocycles. The fraction of sp³-hybridized carbons (Fsp3) is 0.667. The Labute approximate surface area is 82.8 Å². The number of anilines is 1. The average molecular weight is 197 g/mol. The fourth-order valence-electron chi connectivity index (χ4n) is 1.76. The SMILES string of the molecule is CN[C@@H]1CCCN(c2nccs2)C1. The van der Waals surface area contributed by atoms with E-state index in [9.17, 15) is 0 Å². The number of hydrogen-bond acceptors (Lipinski definition) is 4. The third-order valence-electron chi connectivity index (χ3n) is 2.52. The Kier molecular flexibility index (Phi) is 2.80. The van der Waals surface area contributed by atoms with Crippen molar-refractivity contribution in [1.29, 1.82) is 0 Å². The van der Waals surface area contributed by atoms with E-state index in [-0.39, 0.29) is 0 Å². The second kappa shape index (κ2) is 4.07. The summed E-state index contributed by atoms with van der Waals surface area (Å²) in [5.74, 6) is 0. The molecule has 0 aliphatic carbocycles. The van der Waals surface area contributed by atoms with E-state index < -0.39 is 0 Å². The number of nitrogens with one attached hydrogen (secondary N) is 1. The van der Waals surface area contributed by atoms with Gasteiger partial charge in [-0.15, -0.1) is 11.3 Å². The molecule has 13 heavy (non-hydrogen) atoms. The minimum absolute atomic E-state index is 0.637. The Morgan fingerprint density at radius 2 is 2.62 bits per heavy atom. The van der Waals surface area contributed by atoms with Crippen LogP contribution in [0.2, 0.25) is 0 Å². The first-order chi connectivity index (χ1) is 6.40. The van der Waals surface area contributed by atoms with Gasteiger partial charge in [0.1, 0.15) is 0 Å². The van der Waals surface area contributed by atoms with Gasteiger partial charge in [0.15, 0.2) is 5.13 Å². The van der Waals surface area contributed by atoms with Crippen molar-refractivity contribution in [3.05, 3.63) is 11.6 Å². The van der Waals surface area contributed by atoms with Crippen LogP contribution in [0.15, 0.2) is 11.6 Å². The van der Waals surface area contributed by atoms with Crippen LogP contribution in [0.3, 0.4) is 0 Å². The van der Waals surface area contributed by atoms with E-state index in [1.165, 1.54) is 18.0 Å². The predicted octanol–water partition coefficient (Wildman–Crippen LogP) is 1.33. The van der Waals surface area contributed by atoms with Crippen molar-refractivity contribution in [3.8, 4) is 0 Å². The Bertz CT molecular complexity index is 247. The maximum Gasteiger partial charge on any atom is 0.185 e. The standard InChI is InChI=1S/C9H15N3S/c1-10-8-3-2-5-12(7-8)9-11-4-6-13-9/h4,6,8,10H,2-3,5,7H2,1H3/t8-/m1/s1. The summed E-state index contributed by atoms with van der Waals surface area (Å²) in [6.07, 6.45) is 4.44. The Morgan fingerprint density at radius 3 is 3.31 bits per heavy atom. The molecule has 1 aliphatic rings. The zero-order valence-electron chi connectivity index (χ0n) is 7.86. The van der Waals surface area contributed by atoms with E-state index in [0.29, 0.717) is 6.04 Å². The van der Waals surface area contributed by atoms with E-state index in [0.717, 1.165) is 13.1 Å². The maximum atomic E-state index is 4.33. The quantitative estimate of drug-likeness (QED) is 0.775. The molecule has 1 N–H and O–H groups in total. The first-order valence-corrected chi connectivity index (χ1v) is 5.60. The molecule has 0 unspecified atom stereocenters. The van der Waals surface area contributed by atoms with Crippen molar-refractivity contribution >= 4 is 16.5 Å². The third kappa shape index (κ3) is 2.00. The number of rotatable bonds is 2. The average Bonchev–Trinajstić information content (AvgIpc) is 2.71. The van der Waals surface area contributed by atoms with Gasteiger partial charge in [0.25, 0.3) is 0 Å². The third-order valence-corrected chi connectivity index (χ3v) is 3.35. The van der Waals surface area contributed by atoms with E-state index in [4.69, 9.17) is 0 Å². The minimum Gasteiger partial charge on any atom is -0.347 e. The van der Waals surface area contributed by atoms with Gasteiger partial charge in [0.2, 0.25) is 0 Å². The lowest BCUT2D eigenvalue weighted by Gasteiger charge is -2.32. The van der Waals surface area contributed by atoms with Crippen LogP contribution in [0, 0.1) is 0 Å². The van der Waals surface area contributed by atoms with Crippen LogP contribution in [-0.2, 0) is 0 Å². The van der Waals surface area contributed by atoms with Crippen LogP contribution in [-0.4, -0.2) is 31.2 Å². The fourth-order valence-corrected chi connectivity index (χ4v) is 2.44. The highest BCUT2D eigenvalue weighted by Crippen LogP contribution is 2.21. The van der Waals surface area contributed by atoms with Crippen LogP contribution in [0.1, 0.15) is 12.8 Å². The number of aromatic nitrogens is 1. The van der Waals surface area contributed by atoms with Crippen LogP contribution in [0.25, 0.3) is 0 Å². The number of nitrogens with zero attached hydrogens (tertiary/aromatic N) is 2. The van der Waals surface area contributed by atoms with Crippen molar-refractivity contribution in [2.24, 2.45) is 0 Å². The van der Waals surface area contributed by atoms with E-state index in [1.807, 2.05) is 18.6 Å². The van der Waals surface area contributed by atoms with Crippen LogP contribution >= 0.6 is 11.3 Å². The first kappa shape index (κ1) is 8.97. The summed E-state index contributed by atoms with van der Waals surface area (Å²) in [6.45, 7) is 2.26. The molecule has 0 aromatic carbocycles. The summed E-state index contributed by atoms with van der Waals surface area (Å²) < 4.78 is 0. The summed E-state index contributed by atoms with van der Waals surface area (Å²) in [4.78, 5) is 6.70. The molecule has 2 heterocycles. The molecule has 0 spiro atoms. The monoisotopic (exact) mass is 197 g/mol. The second-order valence-electron chi connectivity index (χ2n) is 3.39. The molecule has 1 saturated heterocycles. The number of hydrogen-bond donors (Lipinski definition) is 1. The van der Waals surface area contributed by atoms with Crippen molar-refractivity contribution < 1.29 is 0 Å². The topological polar surface area (TPSA) is 28.2 Å². The van der Waals surface area contributed by atoms with Gasteiger partial charge in [-0.1, -0.05) is 0 Å². The molecule has 0 saturated carbocycles. The Balaban J connectivity index is 2.00. The maximum absolute atomic E-state index is 4.33. The molecule has 3 nitrogen and oxygen atoms in total. The molecule has 1 atom stereocenters. The van der Waals surface area contributed by atoms with Gasteiger partial charge in [0.05, 0.1) is 0 Å². The highest BCUT2D eigenvalue weighted by atomic mass is 32.1. The zero-order valence-corrected chi connectivity index (χ0v) is 8.68. The molecule has 0 bridgehead atoms. The van der Waals surface area contributed by atoms with Gasteiger partial charge in [-0.25, -0.2) is 4.98 Å². The van der Waals surface area contributed by atoms with Crippen LogP contribution in [0.5, 0.6) is 0 Å². The molecule has 1 aromatic heterocycles. The molecule has 2 rings (SSSR count). The summed E-state index contributed by atoms with van der Waals surface area (Å²) in [5.41, 5.74) is 0. The highest BCUT2D eigenvalue weighted by Gasteiger charge is 2.19. The first-order valence-electron chi connectivity index (χ1n) is 4.72. The van der Waals surface area contributed by atoms with Gasteiger partial charge in [-0.3, -0.25) is 0 Å². The van der Waals surface area contributed by atoms with Crippen LogP contribution < -0.4 is 10.2 Å². The van der Waals surface area contributed by atoms with Crippen molar-refractivity contribution in [2.75, 3.05) is 25.0 Å². The molecule has 1 fully saturated rings. The zero-order chi connectivity index (χ0) is 9.10. The summed E-state index contributed by atoms with van der Waals surface area (Å²) in [6, 6.07) is 0.637. The molecular weight excluding hydrogens is 182 g/mol. The summed E-state index contributed by atoms with van der Waals surface area (Å²) in [7, 11) is 2.04. The Hall–Kier alpha value is -0.610. The number of likely N-dealkylation sites (N-methyl/N-ethyl adjacent to an activating group) is 1. The predicted molar refractivity (Wildman–Crippen MR) is 56.4 cm³/mol. The van der Waals surface area contributed by atoms with E-state index in [1.54, 1.807) is 11.3 Å². The normalized spacial score (nSPS) is 23.5. The van der Waals surface area contributed by atoms with Gasteiger partial charge in [-0.05, 0) is 19.9 Å². The van der Waals surface area contributed by atoms with E-state index in [2.05, 4.69) is 15.2 Å². The van der Waals surface area contributed by atoms with Crippen molar-refractivity contribution in [3.63, 3.8) is 0 Å². The number of piperidine rings is 1. The second-order valence-corrected chi connectivity index (χ2v) is 4.26. The van der Waals surface area contributed by atoms with Gasteiger partial charge in [0, 0.05) is 30.7 Å². The molecule has 72 valence electrons. The molecular formula is C9H15N3S. The van der Waals surface area contributed by atoms with Gasteiger partial charge >= 0.3 is 0 Å². The highest BCUT2D eigenvalue weighted by molar-refractivity contribution is 7.13. The number of thiazole rings is 1. The molecule has 0 radical (unpaired) electrons. The van der Waals surface area contributed by atoms with Crippen molar-refractivity contribution in [2.45, 2.75) is 18.9 Å².